The van der Waals surface area contributed by atoms with Gasteiger partial charge in [-0.05, 0) is 24.6 Å². The van der Waals surface area contributed by atoms with Crippen LogP contribution in [0.1, 0.15) is 23.7 Å². The number of hydrogen-bond donors (Lipinski definition) is 1. The van der Waals surface area contributed by atoms with Gasteiger partial charge in [0.1, 0.15) is 5.82 Å². The van der Waals surface area contributed by atoms with Crippen molar-refractivity contribution in [2.24, 2.45) is 0 Å². The summed E-state index contributed by atoms with van der Waals surface area (Å²) in [5, 5.41) is 3.09. The van der Waals surface area contributed by atoms with Crippen LogP contribution in [0, 0.1) is 5.82 Å². The van der Waals surface area contributed by atoms with E-state index in [1.165, 1.54) is 25.3 Å². The molecule has 0 aliphatic rings. The molecule has 0 fully saturated rings. The number of esters is 1. The van der Waals surface area contributed by atoms with E-state index in [1.807, 2.05) is 6.92 Å². The SMILES string of the molecule is CCC(COC)Nc1cc(F)ccc1C(=O)OC. The van der Waals surface area contributed by atoms with Crippen LogP contribution in [0.25, 0.3) is 0 Å². The zero-order valence-corrected chi connectivity index (χ0v) is 10.8. The first-order valence-corrected chi connectivity index (χ1v) is 5.75. The Morgan fingerprint density at radius 1 is 1.44 bits per heavy atom. The lowest BCUT2D eigenvalue weighted by atomic mass is 10.1. The molecule has 0 aliphatic carbocycles. The fraction of sp³-hybridized carbons (Fsp3) is 0.462. The van der Waals surface area contributed by atoms with Crippen molar-refractivity contribution in [1.29, 1.82) is 0 Å². The molecule has 0 aromatic heterocycles. The summed E-state index contributed by atoms with van der Waals surface area (Å²) in [4.78, 5) is 11.6. The Labute approximate surface area is 106 Å². The molecule has 1 aromatic carbocycles. The summed E-state index contributed by atoms with van der Waals surface area (Å²) in [6.07, 6.45) is 0.797. The second kappa shape index (κ2) is 6.96. The number of carbonyl (C=O) groups is 1. The molecule has 0 saturated heterocycles. The van der Waals surface area contributed by atoms with Crippen molar-refractivity contribution in [1.82, 2.24) is 0 Å². The predicted octanol–water partition coefficient (Wildman–Crippen LogP) is 2.45. The van der Waals surface area contributed by atoms with Crippen molar-refractivity contribution in [3.63, 3.8) is 0 Å². The third-order valence-corrected chi connectivity index (χ3v) is 2.61. The van der Waals surface area contributed by atoms with Crippen LogP contribution in [0.2, 0.25) is 0 Å². The average Bonchev–Trinajstić information content (AvgIpc) is 2.37. The monoisotopic (exact) mass is 255 g/mol. The molecule has 0 bridgehead atoms. The van der Waals surface area contributed by atoms with Gasteiger partial charge in [-0.2, -0.15) is 0 Å². The van der Waals surface area contributed by atoms with E-state index in [9.17, 15) is 9.18 Å². The van der Waals surface area contributed by atoms with Crippen molar-refractivity contribution in [3.05, 3.63) is 29.6 Å². The first-order valence-electron chi connectivity index (χ1n) is 5.75. The van der Waals surface area contributed by atoms with Gasteiger partial charge in [0.2, 0.25) is 0 Å². The molecule has 1 atom stereocenters. The van der Waals surface area contributed by atoms with E-state index in [4.69, 9.17) is 4.74 Å². The number of halogens is 1. The van der Waals surface area contributed by atoms with Crippen LogP contribution in [0.3, 0.4) is 0 Å². The highest BCUT2D eigenvalue weighted by Gasteiger charge is 2.15. The summed E-state index contributed by atoms with van der Waals surface area (Å²) in [6, 6.07) is 3.93. The third kappa shape index (κ3) is 3.70. The van der Waals surface area contributed by atoms with Gasteiger partial charge in [0.15, 0.2) is 0 Å². The molecule has 4 nitrogen and oxygen atoms in total. The number of ether oxygens (including phenoxy) is 2. The summed E-state index contributed by atoms with van der Waals surface area (Å²) < 4.78 is 22.9. The van der Waals surface area contributed by atoms with Gasteiger partial charge in [-0.15, -0.1) is 0 Å². The fourth-order valence-electron chi connectivity index (χ4n) is 1.61. The molecule has 100 valence electrons. The quantitative estimate of drug-likeness (QED) is 0.793. The first kappa shape index (κ1) is 14.4. The van der Waals surface area contributed by atoms with Gasteiger partial charge in [0.05, 0.1) is 25.0 Å². The topological polar surface area (TPSA) is 47.6 Å². The number of rotatable bonds is 6. The summed E-state index contributed by atoms with van der Waals surface area (Å²) in [5.74, 6) is -0.901. The van der Waals surface area contributed by atoms with Crippen molar-refractivity contribution < 1.29 is 18.7 Å². The van der Waals surface area contributed by atoms with Crippen LogP contribution in [0.5, 0.6) is 0 Å². The number of hydrogen-bond acceptors (Lipinski definition) is 4. The number of carbonyl (C=O) groups excluding carboxylic acids is 1. The van der Waals surface area contributed by atoms with E-state index in [0.29, 0.717) is 17.9 Å². The Morgan fingerprint density at radius 3 is 2.72 bits per heavy atom. The minimum Gasteiger partial charge on any atom is -0.465 e. The van der Waals surface area contributed by atoms with Gasteiger partial charge in [0.25, 0.3) is 0 Å². The summed E-state index contributed by atoms with van der Waals surface area (Å²) >= 11 is 0. The largest absolute Gasteiger partial charge is 0.465 e. The Balaban J connectivity index is 2.97. The normalized spacial score (nSPS) is 12.0. The minimum absolute atomic E-state index is 0.0141. The van der Waals surface area contributed by atoms with Crippen LogP contribution in [-0.2, 0) is 9.47 Å². The molecule has 0 saturated carbocycles. The van der Waals surface area contributed by atoms with E-state index in [0.717, 1.165) is 6.42 Å². The maximum absolute atomic E-state index is 13.2. The Kier molecular flexibility index (Phi) is 5.58. The summed E-state index contributed by atoms with van der Waals surface area (Å²) in [6.45, 7) is 2.46. The molecule has 0 spiro atoms. The van der Waals surface area contributed by atoms with E-state index >= 15 is 0 Å². The molecule has 1 rings (SSSR count). The summed E-state index contributed by atoms with van der Waals surface area (Å²) in [5.41, 5.74) is 0.735. The van der Waals surface area contributed by atoms with Gasteiger partial charge in [-0.25, -0.2) is 9.18 Å². The van der Waals surface area contributed by atoms with Gasteiger partial charge < -0.3 is 14.8 Å². The second-order valence-corrected chi connectivity index (χ2v) is 3.89. The predicted molar refractivity (Wildman–Crippen MR) is 67.3 cm³/mol. The van der Waals surface area contributed by atoms with Crippen LogP contribution in [0.4, 0.5) is 10.1 Å². The minimum atomic E-state index is -0.496. The first-order chi connectivity index (χ1) is 8.62. The zero-order valence-electron chi connectivity index (χ0n) is 10.8. The lowest BCUT2D eigenvalue weighted by Gasteiger charge is -2.19. The third-order valence-electron chi connectivity index (χ3n) is 2.61. The average molecular weight is 255 g/mol. The van der Waals surface area contributed by atoms with E-state index in [-0.39, 0.29) is 6.04 Å². The smallest absolute Gasteiger partial charge is 0.339 e. The van der Waals surface area contributed by atoms with E-state index in [2.05, 4.69) is 10.1 Å². The lowest BCUT2D eigenvalue weighted by Crippen LogP contribution is -2.25. The van der Waals surface area contributed by atoms with Crippen molar-refractivity contribution in [2.45, 2.75) is 19.4 Å². The summed E-state index contributed by atoms with van der Waals surface area (Å²) in [7, 11) is 2.89. The molecule has 0 amide bonds. The van der Waals surface area contributed by atoms with Gasteiger partial charge in [-0.3, -0.25) is 0 Å². The zero-order chi connectivity index (χ0) is 13.5. The molecule has 18 heavy (non-hydrogen) atoms. The van der Waals surface area contributed by atoms with Crippen LogP contribution in [-0.4, -0.2) is 32.8 Å². The molecule has 5 heteroatoms. The highest BCUT2D eigenvalue weighted by Crippen LogP contribution is 2.19. The standard InChI is InChI=1S/C13H18FNO3/c1-4-10(8-17-2)15-12-7-9(14)5-6-11(12)13(16)18-3/h5-7,10,15H,4,8H2,1-3H3. The molecule has 0 heterocycles. The van der Waals surface area contributed by atoms with E-state index < -0.39 is 11.8 Å². The second-order valence-electron chi connectivity index (χ2n) is 3.89. The lowest BCUT2D eigenvalue weighted by molar-refractivity contribution is 0.0601. The van der Waals surface area contributed by atoms with Gasteiger partial charge >= 0.3 is 5.97 Å². The van der Waals surface area contributed by atoms with Crippen molar-refractivity contribution in [2.75, 3.05) is 26.1 Å². The van der Waals surface area contributed by atoms with Crippen LogP contribution >= 0.6 is 0 Å². The molecule has 0 aliphatic heterocycles. The Bertz CT molecular complexity index is 409. The van der Waals surface area contributed by atoms with Gasteiger partial charge in [-0.1, -0.05) is 6.92 Å². The Morgan fingerprint density at radius 2 is 2.17 bits per heavy atom. The molecule has 1 aromatic rings. The maximum atomic E-state index is 13.2. The molecule has 1 N–H and O–H groups in total. The number of methoxy groups -OCH3 is 2. The highest BCUT2D eigenvalue weighted by atomic mass is 19.1. The van der Waals surface area contributed by atoms with Gasteiger partial charge in [0, 0.05) is 13.2 Å². The molecular formula is C13H18FNO3. The van der Waals surface area contributed by atoms with Crippen molar-refractivity contribution >= 4 is 11.7 Å². The molecule has 1 unspecified atom stereocenters. The van der Waals surface area contributed by atoms with Crippen LogP contribution in [0.15, 0.2) is 18.2 Å². The highest BCUT2D eigenvalue weighted by molar-refractivity contribution is 5.95. The number of nitrogens with one attached hydrogen (secondary N) is 1. The maximum Gasteiger partial charge on any atom is 0.339 e. The number of anilines is 1. The van der Waals surface area contributed by atoms with Crippen molar-refractivity contribution in [3.8, 4) is 0 Å². The van der Waals surface area contributed by atoms with Crippen LogP contribution < -0.4 is 5.32 Å². The van der Waals surface area contributed by atoms with E-state index in [1.54, 1.807) is 7.11 Å². The molecular weight excluding hydrogens is 237 g/mol. The fourth-order valence-corrected chi connectivity index (χ4v) is 1.61. The number of benzene rings is 1. The molecule has 0 radical (unpaired) electrons. The Hall–Kier alpha value is -1.62.